The number of nitrogens with zero attached hydrogens (tertiary/aromatic N) is 1. The molecule has 0 saturated heterocycles. The van der Waals surface area contributed by atoms with Crippen molar-refractivity contribution in [2.24, 2.45) is 4.99 Å². The predicted molar refractivity (Wildman–Crippen MR) is 52.6 cm³/mol. The van der Waals surface area contributed by atoms with Crippen LogP contribution in [-0.2, 0) is 4.79 Å². The summed E-state index contributed by atoms with van der Waals surface area (Å²) in [6.45, 7) is 0. The molecule has 0 saturated carbocycles. The zero-order chi connectivity index (χ0) is 8.39. The third-order valence-corrected chi connectivity index (χ3v) is 3.22. The van der Waals surface area contributed by atoms with Gasteiger partial charge in [0.15, 0.2) is 0 Å². The van der Waals surface area contributed by atoms with Gasteiger partial charge in [0, 0.05) is 10.3 Å². The summed E-state index contributed by atoms with van der Waals surface area (Å²) in [4.78, 5) is 15.6. The topological polar surface area (TPSA) is 29.4 Å². The van der Waals surface area contributed by atoms with E-state index in [9.17, 15) is 4.79 Å². The lowest BCUT2D eigenvalue weighted by molar-refractivity contribution is -0.102. The minimum atomic E-state index is -0.187. The maximum atomic E-state index is 10.3. The number of carbonyl (C=O) groups excluding carboxylic acids is 1. The Labute approximate surface area is 72.9 Å². The van der Waals surface area contributed by atoms with Crippen LogP contribution in [0.4, 0.5) is 5.69 Å². The van der Waals surface area contributed by atoms with Crippen molar-refractivity contribution in [2.45, 2.75) is 4.90 Å². The van der Waals surface area contributed by atoms with E-state index in [1.165, 1.54) is 0 Å². The quantitative estimate of drug-likeness (QED) is 0.476. The number of fused-ring (bicyclic) bond motifs is 1. The number of carbonyl (C=O) groups is 1. The first kappa shape index (κ1) is 7.43. The van der Waals surface area contributed by atoms with Gasteiger partial charge < -0.3 is 0 Å². The molecule has 2 nitrogen and oxygen atoms in total. The molecule has 0 bridgehead atoms. The van der Waals surface area contributed by atoms with Crippen molar-refractivity contribution < 1.29 is 4.79 Å². The van der Waals surface area contributed by atoms with E-state index in [4.69, 9.17) is 0 Å². The van der Waals surface area contributed by atoms with Crippen LogP contribution < -0.4 is 0 Å². The summed E-state index contributed by atoms with van der Waals surface area (Å²) in [5.74, 6) is 0. The molecule has 0 spiro atoms. The summed E-state index contributed by atoms with van der Waals surface area (Å²) in [5.41, 5.74) is 2.80. The van der Waals surface area contributed by atoms with E-state index in [-0.39, 0.29) is 10.5 Å². The van der Waals surface area contributed by atoms with Gasteiger partial charge in [0.2, 0.25) is 0 Å². The molecule has 3 heteroatoms. The molecule has 12 heavy (non-hydrogen) atoms. The fourth-order valence-electron chi connectivity index (χ4n) is 1.10. The molecule has 1 aliphatic heterocycles. The number of aliphatic imine (C=N–C) groups is 1. The molecule has 0 radical (unpaired) electrons. The maximum absolute atomic E-state index is 10.3. The number of aldehydes is 1. The molecule has 0 fully saturated rings. The summed E-state index contributed by atoms with van der Waals surface area (Å²) in [5, 5.41) is 1.63. The molecule has 60 valence electrons. The van der Waals surface area contributed by atoms with Crippen molar-refractivity contribution in [3.8, 4) is 0 Å². The van der Waals surface area contributed by atoms with Gasteiger partial charge in [-0.05, 0) is 12.1 Å². The third-order valence-electron chi connectivity index (χ3n) is 1.63. The van der Waals surface area contributed by atoms with Crippen LogP contribution in [0.15, 0.2) is 34.2 Å². The van der Waals surface area contributed by atoms with E-state index in [0.717, 1.165) is 16.9 Å². The van der Waals surface area contributed by atoms with Gasteiger partial charge in [-0.25, -0.2) is 4.99 Å². The van der Waals surface area contributed by atoms with Crippen LogP contribution in [0.3, 0.4) is 0 Å². The van der Waals surface area contributed by atoms with E-state index in [1.54, 1.807) is 5.37 Å². The Kier molecular flexibility index (Phi) is 1.87. The Morgan fingerprint density at radius 2 is 2.17 bits per heavy atom. The summed E-state index contributed by atoms with van der Waals surface area (Å²) in [6.07, 6.45) is 0.831. The smallest absolute Gasteiger partial charge is 0.149 e. The highest BCUT2D eigenvalue weighted by atomic mass is 32.2. The zero-order valence-corrected chi connectivity index (χ0v) is 7.12. The first-order valence-corrected chi connectivity index (χ1v) is 4.90. The Hall–Kier alpha value is -1.22. The summed E-state index contributed by atoms with van der Waals surface area (Å²) in [7, 11) is -0.187. The van der Waals surface area contributed by atoms with Crippen molar-refractivity contribution >= 4 is 33.4 Å². The first-order valence-electron chi connectivity index (χ1n) is 3.55. The van der Waals surface area contributed by atoms with Crippen LogP contribution >= 0.6 is 10.5 Å². The van der Waals surface area contributed by atoms with Gasteiger partial charge in [-0.2, -0.15) is 0 Å². The maximum Gasteiger partial charge on any atom is 0.149 e. The molecular weight excluding hydrogens is 170 g/mol. The number of benzene rings is 1. The minimum absolute atomic E-state index is 0.187. The summed E-state index contributed by atoms with van der Waals surface area (Å²) in [6, 6.07) is 7.87. The van der Waals surface area contributed by atoms with Crippen molar-refractivity contribution in [1.29, 1.82) is 0 Å². The van der Waals surface area contributed by atoms with Crippen LogP contribution in [0.2, 0.25) is 0 Å². The Morgan fingerprint density at radius 3 is 3.00 bits per heavy atom. The molecule has 1 unspecified atom stereocenters. The van der Waals surface area contributed by atoms with Crippen molar-refractivity contribution in [3.05, 3.63) is 24.3 Å². The van der Waals surface area contributed by atoms with Crippen LogP contribution in [0.25, 0.3) is 0 Å². The molecule has 1 heterocycles. The fourth-order valence-corrected chi connectivity index (χ4v) is 2.38. The molecule has 0 amide bonds. The monoisotopic (exact) mass is 177 g/mol. The Morgan fingerprint density at radius 1 is 1.33 bits per heavy atom. The zero-order valence-electron chi connectivity index (χ0n) is 6.31. The lowest BCUT2D eigenvalue weighted by Gasteiger charge is -1.96. The SMILES string of the molecule is O=CC=S1C=Nc2ccccc21. The molecule has 1 aliphatic rings. The molecule has 1 atom stereocenters. The van der Waals surface area contributed by atoms with Crippen molar-refractivity contribution in [3.63, 3.8) is 0 Å². The van der Waals surface area contributed by atoms with Gasteiger partial charge in [-0.15, -0.1) is 10.5 Å². The predicted octanol–water partition coefficient (Wildman–Crippen LogP) is 1.99. The van der Waals surface area contributed by atoms with E-state index >= 15 is 0 Å². The highest BCUT2D eigenvalue weighted by molar-refractivity contribution is 8.27. The van der Waals surface area contributed by atoms with Gasteiger partial charge in [0.25, 0.3) is 0 Å². The molecule has 0 N–H and O–H groups in total. The first-order chi connectivity index (χ1) is 5.92. The molecule has 0 aliphatic carbocycles. The van der Waals surface area contributed by atoms with Crippen LogP contribution in [0.5, 0.6) is 0 Å². The second-order valence-corrected chi connectivity index (χ2v) is 4.01. The third kappa shape index (κ3) is 1.12. The van der Waals surface area contributed by atoms with Gasteiger partial charge in [0.1, 0.15) is 6.29 Å². The van der Waals surface area contributed by atoms with Crippen LogP contribution in [-0.4, -0.2) is 17.2 Å². The summed E-state index contributed by atoms with van der Waals surface area (Å²) < 4.78 is 0. The van der Waals surface area contributed by atoms with Crippen LogP contribution in [0, 0.1) is 0 Å². The fraction of sp³-hybridized carbons (Fsp3) is 0. The largest absolute Gasteiger partial charge is 0.298 e. The number of para-hydroxylation sites is 1. The minimum Gasteiger partial charge on any atom is -0.298 e. The van der Waals surface area contributed by atoms with E-state index in [0.29, 0.717) is 0 Å². The van der Waals surface area contributed by atoms with Gasteiger partial charge in [-0.3, -0.25) is 4.79 Å². The number of rotatable bonds is 1. The van der Waals surface area contributed by atoms with Gasteiger partial charge in [-0.1, -0.05) is 12.1 Å². The highest BCUT2D eigenvalue weighted by Crippen LogP contribution is 2.38. The summed E-state index contributed by atoms with van der Waals surface area (Å²) >= 11 is 0. The Balaban J connectivity index is 2.56. The molecular formula is C9H7NOS. The van der Waals surface area contributed by atoms with E-state index in [1.807, 2.05) is 29.8 Å². The molecule has 2 rings (SSSR count). The van der Waals surface area contributed by atoms with Gasteiger partial charge in [0.05, 0.1) is 11.2 Å². The lowest BCUT2D eigenvalue weighted by atomic mass is 10.3. The van der Waals surface area contributed by atoms with Crippen LogP contribution in [0.1, 0.15) is 0 Å². The average Bonchev–Trinajstić information content (AvgIpc) is 2.50. The Bertz CT molecular complexity index is 382. The molecule has 0 aromatic heterocycles. The lowest BCUT2D eigenvalue weighted by Crippen LogP contribution is -1.76. The normalized spacial score (nSPS) is 19.5. The van der Waals surface area contributed by atoms with E-state index < -0.39 is 0 Å². The van der Waals surface area contributed by atoms with Gasteiger partial charge >= 0.3 is 0 Å². The second-order valence-electron chi connectivity index (χ2n) is 2.35. The van der Waals surface area contributed by atoms with E-state index in [2.05, 4.69) is 4.99 Å². The number of hydrogen-bond acceptors (Lipinski definition) is 2. The second kappa shape index (κ2) is 3.03. The van der Waals surface area contributed by atoms with Crippen molar-refractivity contribution in [2.75, 3.05) is 0 Å². The number of hydrogen-bond donors (Lipinski definition) is 0. The highest BCUT2D eigenvalue weighted by Gasteiger charge is 2.08. The van der Waals surface area contributed by atoms with Crippen molar-refractivity contribution in [1.82, 2.24) is 0 Å². The standard InChI is InChI=1S/C9H7NOS/c11-5-6-12-7-10-8-3-1-2-4-9(8)12/h1-7H. The average molecular weight is 177 g/mol. The molecule has 1 aromatic rings. The molecule has 1 aromatic carbocycles.